The molecule has 1 aliphatic rings. The van der Waals surface area contributed by atoms with Crippen molar-refractivity contribution in [3.8, 4) is 11.5 Å². The number of piperidine rings is 1. The van der Waals surface area contributed by atoms with Crippen LogP contribution in [0.1, 0.15) is 41.7 Å². The Labute approximate surface area is 158 Å². The molecule has 0 radical (unpaired) electrons. The molecule has 0 N–H and O–H groups in total. The van der Waals surface area contributed by atoms with E-state index in [0.717, 1.165) is 55.4 Å². The van der Waals surface area contributed by atoms with Gasteiger partial charge in [0, 0.05) is 24.4 Å². The van der Waals surface area contributed by atoms with Crippen molar-refractivity contribution < 1.29 is 8.81 Å². The molecule has 0 bridgehead atoms. The molecule has 5 nitrogen and oxygen atoms in total. The van der Waals surface area contributed by atoms with E-state index in [2.05, 4.69) is 19.9 Å². The molecule has 0 spiro atoms. The Morgan fingerprint density at radius 1 is 1.11 bits per heavy atom. The minimum Gasteiger partial charge on any atom is -0.441 e. The zero-order valence-electron chi connectivity index (χ0n) is 15.7. The van der Waals surface area contributed by atoms with Crippen LogP contribution in [0.3, 0.4) is 0 Å². The fourth-order valence-electron chi connectivity index (χ4n) is 3.63. The van der Waals surface area contributed by atoms with Gasteiger partial charge < -0.3 is 4.42 Å². The van der Waals surface area contributed by atoms with E-state index in [4.69, 9.17) is 4.42 Å². The number of benzene rings is 1. The largest absolute Gasteiger partial charge is 0.441 e. The van der Waals surface area contributed by atoms with Crippen molar-refractivity contribution >= 4 is 0 Å². The minimum absolute atomic E-state index is 0.314. The van der Waals surface area contributed by atoms with Crippen LogP contribution in [0.15, 0.2) is 40.9 Å². The number of halogens is 1. The topological polar surface area (TPSA) is 55.1 Å². The first-order valence-corrected chi connectivity index (χ1v) is 9.33. The van der Waals surface area contributed by atoms with Crippen LogP contribution in [0.5, 0.6) is 0 Å². The van der Waals surface area contributed by atoms with Crippen molar-refractivity contribution in [2.24, 2.45) is 0 Å². The summed E-state index contributed by atoms with van der Waals surface area (Å²) in [7, 11) is 0. The Kier molecular flexibility index (Phi) is 4.99. The molecule has 0 aliphatic carbocycles. The Morgan fingerprint density at radius 2 is 1.89 bits per heavy atom. The van der Waals surface area contributed by atoms with Crippen LogP contribution in [-0.2, 0) is 6.54 Å². The maximum Gasteiger partial charge on any atom is 0.229 e. The Bertz CT molecular complexity index is 931. The lowest BCUT2D eigenvalue weighted by Crippen LogP contribution is -2.33. The van der Waals surface area contributed by atoms with Crippen molar-refractivity contribution in [3.05, 3.63) is 65.3 Å². The molecule has 1 saturated heterocycles. The van der Waals surface area contributed by atoms with Gasteiger partial charge in [-0.25, -0.2) is 19.3 Å². The molecular weight excluding hydrogens is 343 g/mol. The van der Waals surface area contributed by atoms with E-state index in [1.807, 2.05) is 26.1 Å². The summed E-state index contributed by atoms with van der Waals surface area (Å²) >= 11 is 0. The summed E-state index contributed by atoms with van der Waals surface area (Å²) in [6, 6.07) is 8.60. The van der Waals surface area contributed by atoms with Gasteiger partial charge in [0.05, 0.1) is 11.3 Å². The number of nitrogens with zero attached hydrogens (tertiary/aromatic N) is 4. The fourth-order valence-corrected chi connectivity index (χ4v) is 3.63. The number of oxazole rings is 1. The van der Waals surface area contributed by atoms with E-state index in [-0.39, 0.29) is 5.82 Å². The summed E-state index contributed by atoms with van der Waals surface area (Å²) in [5, 5.41) is 0. The van der Waals surface area contributed by atoms with E-state index >= 15 is 0 Å². The van der Waals surface area contributed by atoms with Crippen molar-refractivity contribution in [1.82, 2.24) is 19.9 Å². The molecule has 1 aromatic carbocycles. The third-order valence-corrected chi connectivity index (χ3v) is 5.17. The molecule has 2 aromatic heterocycles. The van der Waals surface area contributed by atoms with Crippen molar-refractivity contribution in [2.75, 3.05) is 13.1 Å². The zero-order chi connectivity index (χ0) is 18.8. The standard InChI is InChI=1S/C21H23FN4O/c1-14-20(25-21(27-14)17-5-3-4-6-18(17)22)13-26-11-8-16(9-12-26)19-7-10-23-15(2)24-19/h3-7,10,16H,8-9,11-13H2,1-2H3. The zero-order valence-corrected chi connectivity index (χ0v) is 15.7. The van der Waals surface area contributed by atoms with Gasteiger partial charge in [-0.1, -0.05) is 12.1 Å². The second kappa shape index (κ2) is 7.56. The number of aromatic nitrogens is 3. The summed E-state index contributed by atoms with van der Waals surface area (Å²) in [6.45, 7) is 6.51. The summed E-state index contributed by atoms with van der Waals surface area (Å²) in [5.74, 6) is 2.10. The quantitative estimate of drug-likeness (QED) is 0.690. The molecule has 27 heavy (non-hydrogen) atoms. The van der Waals surface area contributed by atoms with Crippen molar-refractivity contribution in [1.29, 1.82) is 0 Å². The second-order valence-corrected chi connectivity index (χ2v) is 7.08. The predicted octanol–water partition coefficient (Wildman–Crippen LogP) is 4.27. The van der Waals surface area contributed by atoms with Crippen LogP contribution in [0.4, 0.5) is 4.39 Å². The molecule has 0 atom stereocenters. The summed E-state index contributed by atoms with van der Waals surface area (Å²) < 4.78 is 19.7. The van der Waals surface area contributed by atoms with Gasteiger partial charge in [0.2, 0.25) is 5.89 Å². The van der Waals surface area contributed by atoms with Crippen molar-refractivity contribution in [3.63, 3.8) is 0 Å². The normalized spacial score (nSPS) is 16.0. The van der Waals surface area contributed by atoms with E-state index < -0.39 is 0 Å². The number of rotatable bonds is 4. The second-order valence-electron chi connectivity index (χ2n) is 7.08. The van der Waals surface area contributed by atoms with Crippen LogP contribution in [0.2, 0.25) is 0 Å². The summed E-state index contributed by atoms with van der Waals surface area (Å²) in [4.78, 5) is 15.7. The minimum atomic E-state index is -0.314. The lowest BCUT2D eigenvalue weighted by molar-refractivity contribution is 0.200. The highest BCUT2D eigenvalue weighted by atomic mass is 19.1. The molecule has 0 amide bonds. The third kappa shape index (κ3) is 3.90. The molecule has 1 aliphatic heterocycles. The third-order valence-electron chi connectivity index (χ3n) is 5.17. The van der Waals surface area contributed by atoms with Gasteiger partial charge in [0.25, 0.3) is 0 Å². The van der Waals surface area contributed by atoms with Crippen LogP contribution in [-0.4, -0.2) is 32.9 Å². The molecule has 140 valence electrons. The number of hydrogen-bond donors (Lipinski definition) is 0. The Hall–Kier alpha value is -2.60. The molecule has 1 fully saturated rings. The molecule has 4 rings (SSSR count). The van der Waals surface area contributed by atoms with Crippen LogP contribution in [0.25, 0.3) is 11.5 Å². The van der Waals surface area contributed by atoms with Gasteiger partial charge in [0.15, 0.2) is 0 Å². The SMILES string of the molecule is Cc1nccc(C2CCN(Cc3nc(-c4ccccc4F)oc3C)CC2)n1. The van der Waals surface area contributed by atoms with Gasteiger partial charge in [-0.2, -0.15) is 0 Å². The lowest BCUT2D eigenvalue weighted by Gasteiger charge is -2.31. The highest BCUT2D eigenvalue weighted by molar-refractivity contribution is 5.54. The van der Waals surface area contributed by atoms with Gasteiger partial charge >= 0.3 is 0 Å². The van der Waals surface area contributed by atoms with Gasteiger partial charge in [-0.05, 0) is 58.0 Å². The smallest absolute Gasteiger partial charge is 0.229 e. The molecule has 6 heteroatoms. The van der Waals surface area contributed by atoms with Gasteiger partial charge in [-0.3, -0.25) is 4.90 Å². The van der Waals surface area contributed by atoms with Crippen LogP contribution >= 0.6 is 0 Å². The van der Waals surface area contributed by atoms with E-state index in [1.165, 1.54) is 6.07 Å². The lowest BCUT2D eigenvalue weighted by atomic mass is 9.93. The van der Waals surface area contributed by atoms with Crippen LogP contribution in [0, 0.1) is 19.7 Å². The average molecular weight is 366 g/mol. The Balaban J connectivity index is 1.42. The van der Waals surface area contributed by atoms with E-state index in [1.54, 1.807) is 18.2 Å². The van der Waals surface area contributed by atoms with Gasteiger partial charge in [-0.15, -0.1) is 0 Å². The van der Waals surface area contributed by atoms with E-state index in [0.29, 0.717) is 17.4 Å². The number of hydrogen-bond acceptors (Lipinski definition) is 5. The number of aryl methyl sites for hydroxylation is 2. The monoisotopic (exact) mass is 366 g/mol. The van der Waals surface area contributed by atoms with E-state index in [9.17, 15) is 4.39 Å². The Morgan fingerprint density at radius 3 is 2.63 bits per heavy atom. The maximum atomic E-state index is 14.0. The maximum absolute atomic E-state index is 14.0. The van der Waals surface area contributed by atoms with Crippen LogP contribution < -0.4 is 0 Å². The molecule has 0 unspecified atom stereocenters. The first kappa shape index (κ1) is 17.8. The van der Waals surface area contributed by atoms with Crippen molar-refractivity contribution in [2.45, 2.75) is 39.2 Å². The molecule has 3 heterocycles. The summed E-state index contributed by atoms with van der Waals surface area (Å²) in [6.07, 6.45) is 3.97. The molecular formula is C21H23FN4O. The molecule has 3 aromatic rings. The predicted molar refractivity (Wildman–Crippen MR) is 101 cm³/mol. The summed E-state index contributed by atoms with van der Waals surface area (Å²) in [5.41, 5.74) is 2.43. The molecule has 0 saturated carbocycles. The first-order chi connectivity index (χ1) is 13.1. The average Bonchev–Trinajstić information content (AvgIpc) is 3.03. The highest BCUT2D eigenvalue weighted by Crippen LogP contribution is 2.29. The number of likely N-dealkylation sites (tertiary alicyclic amines) is 1. The highest BCUT2D eigenvalue weighted by Gasteiger charge is 2.24. The fraction of sp³-hybridized carbons (Fsp3) is 0.381. The first-order valence-electron chi connectivity index (χ1n) is 9.33. The van der Waals surface area contributed by atoms with Gasteiger partial charge in [0.1, 0.15) is 17.4 Å².